The molecule has 1 saturated heterocycles. The first-order chi connectivity index (χ1) is 12.6. The summed E-state index contributed by atoms with van der Waals surface area (Å²) in [5.74, 6) is 1.36. The van der Waals surface area contributed by atoms with E-state index in [-0.39, 0.29) is 12.7 Å². The van der Waals surface area contributed by atoms with Crippen molar-refractivity contribution in [2.45, 2.75) is 4.90 Å². The highest BCUT2D eigenvalue weighted by Gasteiger charge is 2.30. The number of nitrogens with zero attached hydrogens (tertiary/aromatic N) is 2. The molecule has 0 aliphatic carbocycles. The zero-order valence-electron chi connectivity index (χ0n) is 14.3. The van der Waals surface area contributed by atoms with E-state index in [0.717, 1.165) is 21.9 Å². The molecule has 1 fully saturated rings. The Balaban J connectivity index is 1.61. The molecule has 26 heavy (non-hydrogen) atoms. The summed E-state index contributed by atoms with van der Waals surface area (Å²) < 4.78 is 10.7. The minimum atomic E-state index is -0.0626. The minimum absolute atomic E-state index is 0.0626. The quantitative estimate of drug-likeness (QED) is 0.581. The Labute approximate surface area is 160 Å². The van der Waals surface area contributed by atoms with Crippen LogP contribution in [0.15, 0.2) is 57.3 Å². The van der Waals surface area contributed by atoms with Gasteiger partial charge in [0, 0.05) is 11.9 Å². The summed E-state index contributed by atoms with van der Waals surface area (Å²) in [6.07, 6.45) is 3.88. The van der Waals surface area contributed by atoms with Crippen LogP contribution in [0.2, 0.25) is 0 Å². The van der Waals surface area contributed by atoms with Gasteiger partial charge in [-0.3, -0.25) is 9.69 Å². The second-order valence-corrected chi connectivity index (χ2v) is 7.57. The van der Waals surface area contributed by atoms with Crippen LogP contribution in [0.5, 0.6) is 11.5 Å². The Hall–Kier alpha value is -2.38. The summed E-state index contributed by atoms with van der Waals surface area (Å²) in [5.41, 5.74) is 1.73. The number of ether oxygens (including phenoxy) is 2. The maximum atomic E-state index is 12.6. The molecule has 0 N–H and O–H groups in total. The molecule has 2 aromatic rings. The van der Waals surface area contributed by atoms with Crippen molar-refractivity contribution in [1.82, 2.24) is 4.90 Å². The van der Waals surface area contributed by atoms with E-state index in [1.54, 1.807) is 23.7 Å². The Morgan fingerprint density at radius 2 is 2.04 bits per heavy atom. The van der Waals surface area contributed by atoms with Crippen LogP contribution in [-0.4, -0.2) is 36.1 Å². The second kappa shape index (κ2) is 7.09. The lowest BCUT2D eigenvalue weighted by molar-refractivity contribution is -0.121. The molecule has 2 aliphatic heterocycles. The number of carbonyl (C=O) groups is 1. The van der Waals surface area contributed by atoms with Crippen LogP contribution in [0.3, 0.4) is 0 Å². The molecule has 1 amide bonds. The number of hydrogen-bond acceptors (Lipinski definition) is 6. The van der Waals surface area contributed by atoms with Crippen molar-refractivity contribution in [3.63, 3.8) is 0 Å². The van der Waals surface area contributed by atoms with Crippen LogP contribution in [0, 0.1) is 0 Å². The molecule has 2 heterocycles. The van der Waals surface area contributed by atoms with Crippen molar-refractivity contribution < 1.29 is 14.3 Å². The second-order valence-electron chi connectivity index (χ2n) is 5.68. The van der Waals surface area contributed by atoms with Crippen LogP contribution in [0.25, 0.3) is 6.08 Å². The van der Waals surface area contributed by atoms with Crippen LogP contribution in [-0.2, 0) is 4.79 Å². The first-order valence-corrected chi connectivity index (χ1v) is 9.98. The fourth-order valence-corrected chi connectivity index (χ4v) is 4.04. The predicted molar refractivity (Wildman–Crippen MR) is 106 cm³/mol. The summed E-state index contributed by atoms with van der Waals surface area (Å²) in [6, 6.07) is 13.6. The van der Waals surface area contributed by atoms with Gasteiger partial charge in [0.15, 0.2) is 16.7 Å². The molecule has 132 valence electrons. The Morgan fingerprint density at radius 3 is 2.88 bits per heavy atom. The molecule has 0 radical (unpaired) electrons. The van der Waals surface area contributed by atoms with Crippen molar-refractivity contribution in [3.8, 4) is 11.5 Å². The number of rotatable bonds is 3. The topological polar surface area (TPSA) is 51.1 Å². The summed E-state index contributed by atoms with van der Waals surface area (Å²) in [7, 11) is 1.74. The van der Waals surface area contributed by atoms with Crippen molar-refractivity contribution in [2.24, 2.45) is 4.99 Å². The zero-order valence-corrected chi connectivity index (χ0v) is 15.9. The number of amidine groups is 1. The van der Waals surface area contributed by atoms with E-state index in [4.69, 9.17) is 9.47 Å². The fraction of sp³-hybridized carbons (Fsp3) is 0.158. The number of carbonyl (C=O) groups excluding carboxylic acids is 1. The van der Waals surface area contributed by atoms with Crippen LogP contribution >= 0.6 is 23.5 Å². The molecule has 0 unspecified atom stereocenters. The smallest absolute Gasteiger partial charge is 0.266 e. The molecule has 2 aliphatic rings. The normalized spacial score (nSPS) is 19.0. The van der Waals surface area contributed by atoms with Gasteiger partial charge in [0.1, 0.15) is 0 Å². The first-order valence-electron chi connectivity index (χ1n) is 7.94. The third kappa shape index (κ3) is 3.32. The summed E-state index contributed by atoms with van der Waals surface area (Å²) in [5, 5.41) is 0.667. The number of benzene rings is 2. The van der Waals surface area contributed by atoms with Gasteiger partial charge in [0.05, 0.1) is 10.6 Å². The van der Waals surface area contributed by atoms with E-state index in [2.05, 4.69) is 4.99 Å². The molecule has 0 atom stereocenters. The van der Waals surface area contributed by atoms with Gasteiger partial charge in [-0.2, -0.15) is 0 Å². The van der Waals surface area contributed by atoms with Gasteiger partial charge in [0.25, 0.3) is 5.91 Å². The Kier molecular flexibility index (Phi) is 4.65. The van der Waals surface area contributed by atoms with Crippen molar-refractivity contribution >= 4 is 46.4 Å². The number of aliphatic imine (C=N–C) groups is 1. The van der Waals surface area contributed by atoms with Gasteiger partial charge < -0.3 is 9.47 Å². The SMILES string of the molecule is CSc1cccc(N=C2S/C(=C/c3ccc4c(c3)OCO4)C(=O)N2C)c1. The standard InChI is InChI=1S/C19H16N2O3S2/c1-21-18(22)17(9-12-6-7-15-16(8-12)24-11-23-15)26-19(21)20-13-4-3-5-14(10-13)25-2/h3-10H,11H2,1-2H3/b17-9+,20-19?. The van der Waals surface area contributed by atoms with Crippen molar-refractivity contribution in [2.75, 3.05) is 20.1 Å². The lowest BCUT2D eigenvalue weighted by Crippen LogP contribution is -2.23. The first kappa shape index (κ1) is 17.1. The maximum absolute atomic E-state index is 12.6. The van der Waals surface area contributed by atoms with E-state index >= 15 is 0 Å². The van der Waals surface area contributed by atoms with Gasteiger partial charge in [-0.15, -0.1) is 11.8 Å². The Morgan fingerprint density at radius 1 is 1.19 bits per heavy atom. The fourth-order valence-electron chi connectivity index (χ4n) is 2.60. The van der Waals surface area contributed by atoms with E-state index < -0.39 is 0 Å². The van der Waals surface area contributed by atoms with Crippen molar-refractivity contribution in [3.05, 3.63) is 52.9 Å². The average Bonchev–Trinajstić information content (AvgIpc) is 3.22. The molecule has 7 heteroatoms. The third-order valence-electron chi connectivity index (χ3n) is 3.98. The molecule has 5 nitrogen and oxygen atoms in total. The molecular formula is C19H16N2O3S2. The van der Waals surface area contributed by atoms with Gasteiger partial charge in [-0.25, -0.2) is 4.99 Å². The number of likely N-dealkylation sites (N-methyl/N-ethyl adjacent to an activating group) is 1. The summed E-state index contributed by atoms with van der Waals surface area (Å²) >= 11 is 3.04. The van der Waals surface area contributed by atoms with E-state index in [1.807, 2.05) is 54.8 Å². The lowest BCUT2D eigenvalue weighted by Gasteiger charge is -2.07. The van der Waals surface area contributed by atoms with Gasteiger partial charge in [0.2, 0.25) is 6.79 Å². The highest BCUT2D eigenvalue weighted by Crippen LogP contribution is 2.36. The molecule has 0 saturated carbocycles. The van der Waals surface area contributed by atoms with Crippen LogP contribution in [0.1, 0.15) is 5.56 Å². The molecule has 2 aromatic carbocycles. The molecule has 0 bridgehead atoms. The monoisotopic (exact) mass is 384 g/mol. The lowest BCUT2D eigenvalue weighted by atomic mass is 10.2. The molecular weight excluding hydrogens is 368 g/mol. The van der Waals surface area contributed by atoms with E-state index in [1.165, 1.54) is 11.8 Å². The summed E-state index contributed by atoms with van der Waals surface area (Å²) in [6.45, 7) is 0.234. The number of amides is 1. The number of thioether (sulfide) groups is 2. The largest absolute Gasteiger partial charge is 0.454 e. The summed E-state index contributed by atoms with van der Waals surface area (Å²) in [4.78, 5) is 20.5. The molecule has 0 spiro atoms. The van der Waals surface area contributed by atoms with Crippen molar-refractivity contribution in [1.29, 1.82) is 0 Å². The van der Waals surface area contributed by atoms with E-state index in [0.29, 0.717) is 15.8 Å². The van der Waals surface area contributed by atoms with Gasteiger partial charge in [-0.1, -0.05) is 12.1 Å². The highest BCUT2D eigenvalue weighted by molar-refractivity contribution is 8.18. The minimum Gasteiger partial charge on any atom is -0.454 e. The highest BCUT2D eigenvalue weighted by atomic mass is 32.2. The zero-order chi connectivity index (χ0) is 18.1. The van der Waals surface area contributed by atoms with Crippen LogP contribution < -0.4 is 9.47 Å². The number of hydrogen-bond donors (Lipinski definition) is 0. The van der Waals surface area contributed by atoms with Gasteiger partial charge >= 0.3 is 0 Å². The predicted octanol–water partition coefficient (Wildman–Crippen LogP) is 4.37. The van der Waals surface area contributed by atoms with E-state index in [9.17, 15) is 4.79 Å². The Bertz CT molecular complexity index is 940. The maximum Gasteiger partial charge on any atom is 0.266 e. The third-order valence-corrected chi connectivity index (χ3v) is 5.76. The van der Waals surface area contributed by atoms with Gasteiger partial charge in [-0.05, 0) is 60.0 Å². The number of fused-ring (bicyclic) bond motifs is 1. The molecule has 0 aromatic heterocycles. The molecule has 4 rings (SSSR count). The average molecular weight is 384 g/mol. The van der Waals surface area contributed by atoms with Crippen LogP contribution in [0.4, 0.5) is 5.69 Å².